The third kappa shape index (κ3) is 4.30. The Labute approximate surface area is 63.1 Å². The molecule has 0 spiro atoms. The van der Waals surface area contributed by atoms with Crippen molar-refractivity contribution in [1.82, 2.24) is 5.01 Å². The summed E-state index contributed by atoms with van der Waals surface area (Å²) in [5, 5.41) is 9.69. The molecule has 60 valence electrons. The molecule has 3 heteroatoms. The molecule has 0 aromatic rings. The Morgan fingerprint density at radius 3 is 1.90 bits per heavy atom. The van der Waals surface area contributed by atoms with Crippen molar-refractivity contribution in [2.75, 3.05) is 14.1 Å². The molecule has 0 aliphatic heterocycles. The van der Waals surface area contributed by atoms with E-state index in [0.29, 0.717) is 12.0 Å². The number of rotatable bonds is 3. The first kappa shape index (κ1) is 9.40. The Hall–Kier alpha value is -0.600. The minimum atomic E-state index is 0.322. The summed E-state index contributed by atoms with van der Waals surface area (Å²) in [5.41, 5.74) is 0. The van der Waals surface area contributed by atoms with E-state index in [2.05, 4.69) is 31.1 Å². The second-order valence-electron chi connectivity index (χ2n) is 3.04. The molecular formula is C7H17N3. The average molecular weight is 143 g/mol. The topological polar surface area (TPSA) is 28.0 Å². The summed E-state index contributed by atoms with van der Waals surface area (Å²) >= 11 is 0. The molecule has 0 heterocycles. The maximum atomic E-state index is 4.07. The van der Waals surface area contributed by atoms with Crippen LogP contribution in [0, 0.1) is 5.92 Å². The Kier molecular flexibility index (Phi) is 4.00. The van der Waals surface area contributed by atoms with Gasteiger partial charge in [0.2, 0.25) is 0 Å². The van der Waals surface area contributed by atoms with Crippen LogP contribution in [-0.2, 0) is 0 Å². The van der Waals surface area contributed by atoms with Gasteiger partial charge in [0.15, 0.2) is 0 Å². The van der Waals surface area contributed by atoms with E-state index in [1.165, 1.54) is 0 Å². The molecule has 0 saturated heterocycles. The third-order valence-corrected chi connectivity index (χ3v) is 1.38. The van der Waals surface area contributed by atoms with Crippen LogP contribution in [0.4, 0.5) is 0 Å². The Morgan fingerprint density at radius 1 is 1.10 bits per heavy atom. The molecule has 10 heavy (non-hydrogen) atoms. The highest BCUT2D eigenvalue weighted by Crippen LogP contribution is 2.04. The van der Waals surface area contributed by atoms with E-state index < -0.39 is 0 Å². The minimum absolute atomic E-state index is 0.322. The normalized spacial score (nSPS) is 14.6. The van der Waals surface area contributed by atoms with Crippen molar-refractivity contribution in [3.8, 4) is 0 Å². The van der Waals surface area contributed by atoms with Gasteiger partial charge in [-0.1, -0.05) is 19.1 Å². The molecule has 0 amide bonds. The lowest BCUT2D eigenvalue weighted by molar-refractivity contribution is 0.371. The summed E-state index contributed by atoms with van der Waals surface area (Å²) in [6.07, 6.45) is 0. The lowest BCUT2D eigenvalue weighted by Gasteiger charge is -2.09. The van der Waals surface area contributed by atoms with Crippen molar-refractivity contribution < 1.29 is 0 Å². The summed E-state index contributed by atoms with van der Waals surface area (Å²) in [5.74, 6) is 0.573. The molecule has 0 N–H and O–H groups in total. The van der Waals surface area contributed by atoms with Crippen LogP contribution in [0.2, 0.25) is 0 Å². The van der Waals surface area contributed by atoms with E-state index in [1.54, 1.807) is 5.01 Å². The highest BCUT2D eigenvalue weighted by Gasteiger charge is 2.03. The van der Waals surface area contributed by atoms with Gasteiger partial charge in [-0.05, 0) is 12.8 Å². The van der Waals surface area contributed by atoms with Crippen LogP contribution in [0.15, 0.2) is 10.3 Å². The van der Waals surface area contributed by atoms with Crippen LogP contribution in [0.1, 0.15) is 20.8 Å². The third-order valence-electron chi connectivity index (χ3n) is 1.38. The second-order valence-corrected chi connectivity index (χ2v) is 3.04. The smallest absolute Gasteiger partial charge is 0.0724 e. The number of hydrogen-bond donors (Lipinski definition) is 0. The molecule has 0 aliphatic carbocycles. The molecule has 0 rings (SSSR count). The fraction of sp³-hybridized carbons (Fsp3) is 1.00. The number of nitrogens with zero attached hydrogens (tertiary/aromatic N) is 3. The molecule has 0 radical (unpaired) electrons. The van der Waals surface area contributed by atoms with Gasteiger partial charge in [0.1, 0.15) is 0 Å². The van der Waals surface area contributed by atoms with Crippen molar-refractivity contribution in [2.24, 2.45) is 16.3 Å². The van der Waals surface area contributed by atoms with Gasteiger partial charge in [-0.15, -0.1) is 0 Å². The number of hydrogen-bond acceptors (Lipinski definition) is 2. The molecule has 0 saturated carbocycles. The molecule has 0 aromatic carbocycles. The van der Waals surface area contributed by atoms with Crippen LogP contribution in [-0.4, -0.2) is 25.1 Å². The zero-order valence-electron chi connectivity index (χ0n) is 7.50. The van der Waals surface area contributed by atoms with Crippen LogP contribution in [0.5, 0.6) is 0 Å². The van der Waals surface area contributed by atoms with Crippen molar-refractivity contribution in [2.45, 2.75) is 26.8 Å². The van der Waals surface area contributed by atoms with E-state index in [4.69, 9.17) is 0 Å². The van der Waals surface area contributed by atoms with Crippen molar-refractivity contribution in [3.05, 3.63) is 0 Å². The lowest BCUT2D eigenvalue weighted by Crippen LogP contribution is -2.09. The zero-order chi connectivity index (χ0) is 8.15. The largest absolute Gasteiger partial charge is 0.285 e. The monoisotopic (exact) mass is 143 g/mol. The fourth-order valence-electron chi connectivity index (χ4n) is 0.318. The van der Waals surface area contributed by atoms with Crippen molar-refractivity contribution in [3.63, 3.8) is 0 Å². The average Bonchev–Trinajstić information content (AvgIpc) is 1.82. The quantitative estimate of drug-likeness (QED) is 0.438. The van der Waals surface area contributed by atoms with Gasteiger partial charge in [0.25, 0.3) is 0 Å². The van der Waals surface area contributed by atoms with Crippen LogP contribution < -0.4 is 0 Å². The van der Waals surface area contributed by atoms with Crippen LogP contribution >= 0.6 is 0 Å². The van der Waals surface area contributed by atoms with Gasteiger partial charge in [-0.3, -0.25) is 5.01 Å². The van der Waals surface area contributed by atoms with E-state index >= 15 is 0 Å². The van der Waals surface area contributed by atoms with Crippen LogP contribution in [0.3, 0.4) is 0 Å². The van der Waals surface area contributed by atoms with Gasteiger partial charge < -0.3 is 0 Å². The van der Waals surface area contributed by atoms with Gasteiger partial charge in [-0.2, -0.15) is 5.11 Å². The Balaban J connectivity index is 3.66. The highest BCUT2D eigenvalue weighted by atomic mass is 15.5. The predicted molar refractivity (Wildman–Crippen MR) is 42.8 cm³/mol. The first-order valence-electron chi connectivity index (χ1n) is 3.62. The summed E-state index contributed by atoms with van der Waals surface area (Å²) in [4.78, 5) is 0. The summed E-state index contributed by atoms with van der Waals surface area (Å²) in [7, 11) is 3.74. The maximum absolute atomic E-state index is 4.07. The van der Waals surface area contributed by atoms with Gasteiger partial charge >= 0.3 is 0 Å². The zero-order valence-corrected chi connectivity index (χ0v) is 7.50. The van der Waals surface area contributed by atoms with Gasteiger partial charge in [0.05, 0.1) is 6.04 Å². The molecule has 3 nitrogen and oxygen atoms in total. The Morgan fingerprint density at radius 2 is 1.60 bits per heavy atom. The SMILES string of the molecule is CC(C)[C@H](C)/N=N\N(C)C. The molecule has 0 aliphatic rings. The van der Waals surface area contributed by atoms with E-state index in [-0.39, 0.29) is 0 Å². The first-order valence-corrected chi connectivity index (χ1v) is 3.62. The second kappa shape index (κ2) is 4.25. The van der Waals surface area contributed by atoms with E-state index in [1.807, 2.05) is 14.1 Å². The predicted octanol–water partition coefficient (Wildman–Crippen LogP) is 1.96. The van der Waals surface area contributed by atoms with Gasteiger partial charge in [-0.25, -0.2) is 0 Å². The van der Waals surface area contributed by atoms with Crippen molar-refractivity contribution >= 4 is 0 Å². The minimum Gasteiger partial charge on any atom is -0.285 e. The maximum Gasteiger partial charge on any atom is 0.0724 e. The van der Waals surface area contributed by atoms with Crippen molar-refractivity contribution in [1.29, 1.82) is 0 Å². The highest BCUT2D eigenvalue weighted by molar-refractivity contribution is 4.59. The first-order chi connectivity index (χ1) is 4.54. The summed E-state index contributed by atoms with van der Waals surface area (Å²) < 4.78 is 0. The molecule has 0 unspecified atom stereocenters. The molecular weight excluding hydrogens is 126 g/mol. The van der Waals surface area contributed by atoms with Crippen LogP contribution in [0.25, 0.3) is 0 Å². The lowest BCUT2D eigenvalue weighted by atomic mass is 10.1. The molecule has 0 bridgehead atoms. The fourth-order valence-corrected chi connectivity index (χ4v) is 0.318. The molecule has 0 fully saturated rings. The molecule has 1 atom stereocenters. The summed E-state index contributed by atoms with van der Waals surface area (Å²) in [6.45, 7) is 6.34. The van der Waals surface area contributed by atoms with E-state index in [9.17, 15) is 0 Å². The van der Waals surface area contributed by atoms with Gasteiger partial charge in [0, 0.05) is 14.1 Å². The Bertz CT molecular complexity index is 107. The molecule has 0 aromatic heterocycles. The van der Waals surface area contributed by atoms with E-state index in [0.717, 1.165) is 0 Å². The standard InChI is InChI=1S/C7H17N3/c1-6(2)7(3)8-9-10(4)5/h6-7H,1-5H3/b9-8-/t7-/m0/s1. The summed E-state index contributed by atoms with van der Waals surface area (Å²) in [6, 6.07) is 0.322.